The summed E-state index contributed by atoms with van der Waals surface area (Å²) in [6.07, 6.45) is 1.47. The molecule has 2 aromatic heterocycles. The van der Waals surface area contributed by atoms with Crippen LogP contribution >= 0.6 is 23.1 Å². The Labute approximate surface area is 132 Å². The second-order valence-electron chi connectivity index (χ2n) is 4.58. The van der Waals surface area contributed by atoms with Crippen molar-refractivity contribution in [3.8, 4) is 0 Å². The predicted octanol–water partition coefficient (Wildman–Crippen LogP) is 3.55. The van der Waals surface area contributed by atoms with E-state index in [0.29, 0.717) is 6.42 Å². The molecule has 0 spiro atoms. The molecule has 3 aromatic rings. The maximum Gasteiger partial charge on any atom is 0.156 e. The largest absolute Gasteiger partial charge is 0.263 e. The van der Waals surface area contributed by atoms with Crippen LogP contribution < -0.4 is 0 Å². The molecule has 21 heavy (non-hydrogen) atoms. The minimum Gasteiger partial charge on any atom is -0.263 e. The molecule has 0 amide bonds. The fourth-order valence-corrected chi connectivity index (χ4v) is 3.75. The van der Waals surface area contributed by atoms with Crippen LogP contribution in [0.4, 0.5) is 0 Å². The van der Waals surface area contributed by atoms with Crippen LogP contribution in [0.2, 0.25) is 0 Å². The Bertz CT molecular complexity index is 691. The number of nitrogens with one attached hydrogen (secondary N) is 1. The Hall–Kier alpha value is -1.66. The number of aromatic nitrogens is 4. The maximum absolute atomic E-state index is 4.58. The molecule has 0 aliphatic heterocycles. The minimum absolute atomic E-state index is 0.687. The van der Waals surface area contributed by atoms with Gasteiger partial charge in [0.15, 0.2) is 5.82 Å². The molecular formula is C15H16N4S2. The Kier molecular flexibility index (Phi) is 4.67. The van der Waals surface area contributed by atoms with Gasteiger partial charge in [0.25, 0.3) is 0 Å². The molecule has 0 aliphatic rings. The topological polar surface area (TPSA) is 54.5 Å². The standard InChI is InChI=1S/C15H16N4S2/c1-2-20-15-16-12(10-21-15)9-14-17-13(18-19-14)8-11-6-4-3-5-7-11/h3-7,10H,2,8-9H2,1H3,(H,17,18,19). The molecule has 0 saturated heterocycles. The summed E-state index contributed by atoms with van der Waals surface area (Å²) >= 11 is 3.46. The van der Waals surface area contributed by atoms with Crippen LogP contribution in [0.1, 0.15) is 29.8 Å². The fourth-order valence-electron chi connectivity index (χ4n) is 2.00. The molecule has 3 rings (SSSR count). The molecule has 0 aliphatic carbocycles. The van der Waals surface area contributed by atoms with Crippen molar-refractivity contribution >= 4 is 23.1 Å². The highest BCUT2D eigenvalue weighted by molar-refractivity contribution is 8.00. The molecule has 1 aromatic carbocycles. The second-order valence-corrected chi connectivity index (χ2v) is 6.94. The molecule has 0 unspecified atom stereocenters. The van der Waals surface area contributed by atoms with Crippen LogP contribution in [0.3, 0.4) is 0 Å². The maximum atomic E-state index is 4.58. The lowest BCUT2D eigenvalue weighted by Crippen LogP contribution is -1.93. The molecule has 0 bridgehead atoms. The zero-order valence-corrected chi connectivity index (χ0v) is 13.4. The first-order valence-electron chi connectivity index (χ1n) is 6.84. The number of nitrogens with zero attached hydrogens (tertiary/aromatic N) is 3. The molecule has 4 nitrogen and oxygen atoms in total. The van der Waals surface area contributed by atoms with Gasteiger partial charge < -0.3 is 0 Å². The van der Waals surface area contributed by atoms with E-state index in [1.807, 2.05) is 18.2 Å². The highest BCUT2D eigenvalue weighted by Crippen LogP contribution is 2.22. The van der Waals surface area contributed by atoms with Gasteiger partial charge in [-0.1, -0.05) is 49.0 Å². The third-order valence-electron chi connectivity index (χ3n) is 2.93. The third kappa shape index (κ3) is 3.92. The first-order chi connectivity index (χ1) is 10.3. The fraction of sp³-hybridized carbons (Fsp3) is 0.267. The minimum atomic E-state index is 0.687. The van der Waals surface area contributed by atoms with Crippen molar-refractivity contribution in [1.82, 2.24) is 20.2 Å². The summed E-state index contributed by atoms with van der Waals surface area (Å²) in [6, 6.07) is 10.3. The molecule has 0 atom stereocenters. The van der Waals surface area contributed by atoms with Gasteiger partial charge in [-0.15, -0.1) is 11.3 Å². The van der Waals surface area contributed by atoms with E-state index in [4.69, 9.17) is 0 Å². The van der Waals surface area contributed by atoms with Crippen LogP contribution in [0, 0.1) is 0 Å². The van der Waals surface area contributed by atoms with Crippen molar-refractivity contribution in [2.45, 2.75) is 24.1 Å². The zero-order chi connectivity index (χ0) is 14.5. The van der Waals surface area contributed by atoms with E-state index in [1.54, 1.807) is 23.1 Å². The van der Waals surface area contributed by atoms with Gasteiger partial charge in [0, 0.05) is 11.8 Å². The first-order valence-corrected chi connectivity index (χ1v) is 8.71. The highest BCUT2D eigenvalue weighted by atomic mass is 32.2. The van der Waals surface area contributed by atoms with Crippen molar-refractivity contribution < 1.29 is 0 Å². The lowest BCUT2D eigenvalue weighted by atomic mass is 10.1. The van der Waals surface area contributed by atoms with Crippen LogP contribution in [0.15, 0.2) is 40.1 Å². The van der Waals surface area contributed by atoms with E-state index in [0.717, 1.165) is 33.9 Å². The normalized spacial score (nSPS) is 10.9. The SMILES string of the molecule is CCSc1nc(Cc2n[nH]c(Cc3ccccc3)n2)cs1. The summed E-state index contributed by atoms with van der Waals surface area (Å²) in [7, 11) is 0. The molecule has 2 heterocycles. The van der Waals surface area contributed by atoms with E-state index in [1.165, 1.54) is 5.56 Å². The summed E-state index contributed by atoms with van der Waals surface area (Å²) in [6.45, 7) is 2.14. The summed E-state index contributed by atoms with van der Waals surface area (Å²) in [5.74, 6) is 2.75. The number of rotatable bonds is 6. The van der Waals surface area contributed by atoms with E-state index < -0.39 is 0 Å². The molecule has 6 heteroatoms. The van der Waals surface area contributed by atoms with Gasteiger partial charge in [-0.2, -0.15) is 5.10 Å². The van der Waals surface area contributed by atoms with Crippen LogP contribution in [0.25, 0.3) is 0 Å². The van der Waals surface area contributed by atoms with E-state index in [9.17, 15) is 0 Å². The van der Waals surface area contributed by atoms with Crippen LogP contribution in [0.5, 0.6) is 0 Å². The number of H-pyrrole nitrogens is 1. The van der Waals surface area contributed by atoms with Gasteiger partial charge in [0.05, 0.1) is 12.1 Å². The van der Waals surface area contributed by atoms with E-state index >= 15 is 0 Å². The summed E-state index contributed by atoms with van der Waals surface area (Å²) in [4.78, 5) is 9.12. The average molecular weight is 316 g/mol. The molecule has 1 N–H and O–H groups in total. The summed E-state index contributed by atoms with van der Waals surface area (Å²) in [5, 5.41) is 9.39. The van der Waals surface area contributed by atoms with Gasteiger partial charge in [-0.25, -0.2) is 9.97 Å². The molecular weight excluding hydrogens is 300 g/mol. The Morgan fingerprint density at radius 1 is 1.14 bits per heavy atom. The number of thiazole rings is 1. The molecule has 0 radical (unpaired) electrons. The van der Waals surface area contributed by atoms with Gasteiger partial charge >= 0.3 is 0 Å². The number of thioether (sulfide) groups is 1. The van der Waals surface area contributed by atoms with Crippen molar-refractivity contribution in [3.05, 3.63) is 58.6 Å². The average Bonchev–Trinajstić information content (AvgIpc) is 3.11. The predicted molar refractivity (Wildman–Crippen MR) is 86.9 cm³/mol. The van der Waals surface area contributed by atoms with Crippen molar-refractivity contribution in [3.63, 3.8) is 0 Å². The molecule has 0 saturated carbocycles. The lowest BCUT2D eigenvalue weighted by Gasteiger charge is -1.95. The quantitative estimate of drug-likeness (QED) is 0.707. The van der Waals surface area contributed by atoms with Crippen molar-refractivity contribution in [2.24, 2.45) is 0 Å². The van der Waals surface area contributed by atoms with Crippen LogP contribution in [-0.4, -0.2) is 25.9 Å². The smallest absolute Gasteiger partial charge is 0.156 e. The molecule has 0 fully saturated rings. The van der Waals surface area contributed by atoms with E-state index in [-0.39, 0.29) is 0 Å². The van der Waals surface area contributed by atoms with Crippen molar-refractivity contribution in [2.75, 3.05) is 5.75 Å². The summed E-state index contributed by atoms with van der Waals surface area (Å²) in [5.41, 5.74) is 2.27. The molecule has 108 valence electrons. The van der Waals surface area contributed by atoms with Gasteiger partial charge in [0.2, 0.25) is 0 Å². The number of hydrogen-bond acceptors (Lipinski definition) is 5. The zero-order valence-electron chi connectivity index (χ0n) is 11.7. The Morgan fingerprint density at radius 3 is 2.81 bits per heavy atom. The van der Waals surface area contributed by atoms with Crippen LogP contribution in [-0.2, 0) is 12.8 Å². The number of aromatic amines is 1. The highest BCUT2D eigenvalue weighted by Gasteiger charge is 2.08. The lowest BCUT2D eigenvalue weighted by molar-refractivity contribution is 0.937. The Morgan fingerprint density at radius 2 is 2.00 bits per heavy atom. The number of hydrogen-bond donors (Lipinski definition) is 1. The third-order valence-corrected chi connectivity index (χ3v) is 4.88. The van der Waals surface area contributed by atoms with Crippen molar-refractivity contribution in [1.29, 1.82) is 0 Å². The summed E-state index contributed by atoms with van der Waals surface area (Å²) < 4.78 is 1.12. The second kappa shape index (κ2) is 6.87. The van der Waals surface area contributed by atoms with Gasteiger partial charge in [-0.3, -0.25) is 5.10 Å². The number of benzene rings is 1. The Balaban J connectivity index is 1.64. The van der Waals surface area contributed by atoms with Gasteiger partial charge in [-0.05, 0) is 11.3 Å². The van der Waals surface area contributed by atoms with Gasteiger partial charge in [0.1, 0.15) is 10.2 Å². The monoisotopic (exact) mass is 316 g/mol. The van der Waals surface area contributed by atoms with E-state index in [2.05, 4.69) is 44.6 Å². The first kappa shape index (κ1) is 14.3.